The standard InChI is InChI=1S/C18H17ClFNO4/c1-3-24-18(23)12-4-7-14(8-5-12)25-11(2)17(22)21-16-9-6-13(20)10-15(16)19/h4-11H,3H2,1-2H3,(H,21,22)/t11-/m1/s1. The molecule has 1 amide bonds. The van der Waals surface area contributed by atoms with Gasteiger partial charge in [-0.05, 0) is 56.3 Å². The Morgan fingerprint density at radius 2 is 1.88 bits per heavy atom. The fourth-order valence-corrected chi connectivity index (χ4v) is 2.18. The average molecular weight is 366 g/mol. The molecule has 5 nitrogen and oxygen atoms in total. The molecule has 0 saturated heterocycles. The van der Waals surface area contributed by atoms with E-state index in [1.54, 1.807) is 38.1 Å². The van der Waals surface area contributed by atoms with Gasteiger partial charge in [0.1, 0.15) is 11.6 Å². The summed E-state index contributed by atoms with van der Waals surface area (Å²) in [5, 5.41) is 2.66. The van der Waals surface area contributed by atoms with Gasteiger partial charge in [0.2, 0.25) is 0 Å². The van der Waals surface area contributed by atoms with E-state index in [1.165, 1.54) is 12.1 Å². The van der Waals surface area contributed by atoms with Crippen molar-refractivity contribution in [2.75, 3.05) is 11.9 Å². The lowest BCUT2D eigenvalue weighted by Crippen LogP contribution is -2.30. The molecule has 25 heavy (non-hydrogen) atoms. The Hall–Kier alpha value is -2.60. The lowest BCUT2D eigenvalue weighted by Gasteiger charge is -2.15. The highest BCUT2D eigenvalue weighted by Gasteiger charge is 2.17. The fraction of sp³-hybridized carbons (Fsp3) is 0.222. The van der Waals surface area contributed by atoms with E-state index in [-0.39, 0.29) is 5.02 Å². The number of ether oxygens (including phenoxy) is 2. The maximum atomic E-state index is 13.0. The maximum Gasteiger partial charge on any atom is 0.338 e. The van der Waals surface area contributed by atoms with Gasteiger partial charge in [-0.1, -0.05) is 11.6 Å². The third kappa shape index (κ3) is 5.19. The van der Waals surface area contributed by atoms with Crippen LogP contribution < -0.4 is 10.1 Å². The normalized spacial score (nSPS) is 11.5. The number of rotatable bonds is 6. The van der Waals surface area contributed by atoms with Crippen molar-refractivity contribution in [2.24, 2.45) is 0 Å². The van der Waals surface area contributed by atoms with E-state index in [0.29, 0.717) is 23.6 Å². The Balaban J connectivity index is 1.97. The Labute approximate surface area is 149 Å². The maximum absolute atomic E-state index is 13.0. The second kappa shape index (κ2) is 8.48. The van der Waals surface area contributed by atoms with Gasteiger partial charge in [-0.3, -0.25) is 4.79 Å². The molecule has 2 aromatic rings. The first-order valence-corrected chi connectivity index (χ1v) is 7.98. The minimum atomic E-state index is -0.824. The first-order valence-electron chi connectivity index (χ1n) is 7.60. The van der Waals surface area contributed by atoms with E-state index in [0.717, 1.165) is 6.07 Å². The Morgan fingerprint density at radius 3 is 2.48 bits per heavy atom. The quantitative estimate of drug-likeness (QED) is 0.784. The van der Waals surface area contributed by atoms with Crippen LogP contribution in [-0.4, -0.2) is 24.6 Å². The van der Waals surface area contributed by atoms with Crippen LogP contribution in [0.25, 0.3) is 0 Å². The molecule has 7 heteroatoms. The van der Waals surface area contributed by atoms with Gasteiger partial charge in [0.15, 0.2) is 6.10 Å². The number of anilines is 1. The average Bonchev–Trinajstić information content (AvgIpc) is 2.58. The van der Waals surface area contributed by atoms with E-state index in [2.05, 4.69) is 5.32 Å². The van der Waals surface area contributed by atoms with Crippen molar-refractivity contribution in [1.82, 2.24) is 0 Å². The summed E-state index contributed by atoms with van der Waals surface area (Å²) >= 11 is 5.87. The van der Waals surface area contributed by atoms with Gasteiger partial charge < -0.3 is 14.8 Å². The zero-order chi connectivity index (χ0) is 18.4. The third-order valence-electron chi connectivity index (χ3n) is 3.24. The minimum Gasteiger partial charge on any atom is -0.481 e. The molecular weight excluding hydrogens is 349 g/mol. The summed E-state index contributed by atoms with van der Waals surface area (Å²) in [5.74, 6) is -0.941. The van der Waals surface area contributed by atoms with Crippen LogP contribution in [0.3, 0.4) is 0 Å². The number of hydrogen-bond donors (Lipinski definition) is 1. The molecule has 0 aliphatic rings. The molecule has 0 fully saturated rings. The molecule has 0 radical (unpaired) electrons. The van der Waals surface area contributed by atoms with Crippen LogP contribution in [-0.2, 0) is 9.53 Å². The van der Waals surface area contributed by atoms with E-state index >= 15 is 0 Å². The van der Waals surface area contributed by atoms with Gasteiger partial charge in [-0.25, -0.2) is 9.18 Å². The Morgan fingerprint density at radius 1 is 1.20 bits per heavy atom. The zero-order valence-corrected chi connectivity index (χ0v) is 14.5. The molecular formula is C18H17ClFNO4. The SMILES string of the molecule is CCOC(=O)c1ccc(O[C@H](C)C(=O)Nc2ccc(F)cc2Cl)cc1. The molecule has 0 heterocycles. The number of halogens is 2. The number of carbonyl (C=O) groups excluding carboxylic acids is 2. The van der Waals surface area contributed by atoms with E-state index in [9.17, 15) is 14.0 Å². The summed E-state index contributed by atoms with van der Waals surface area (Å²) in [6.07, 6.45) is -0.824. The number of benzene rings is 2. The van der Waals surface area contributed by atoms with Crippen molar-refractivity contribution >= 4 is 29.2 Å². The second-order valence-corrected chi connectivity index (χ2v) is 5.53. The van der Waals surface area contributed by atoms with Gasteiger partial charge in [-0.2, -0.15) is 0 Å². The number of hydrogen-bond acceptors (Lipinski definition) is 4. The van der Waals surface area contributed by atoms with Gasteiger partial charge >= 0.3 is 5.97 Å². The van der Waals surface area contributed by atoms with Crippen LogP contribution in [0.5, 0.6) is 5.75 Å². The summed E-state index contributed by atoms with van der Waals surface area (Å²) in [4.78, 5) is 23.7. The molecule has 0 spiro atoms. The first kappa shape index (κ1) is 18.7. The number of amides is 1. The van der Waals surface area contributed by atoms with Gasteiger partial charge in [0.25, 0.3) is 5.91 Å². The topological polar surface area (TPSA) is 64.6 Å². The summed E-state index contributed by atoms with van der Waals surface area (Å²) in [6, 6.07) is 9.92. The second-order valence-electron chi connectivity index (χ2n) is 5.12. The van der Waals surface area contributed by atoms with E-state index < -0.39 is 23.8 Å². The van der Waals surface area contributed by atoms with Crippen LogP contribution in [0.4, 0.5) is 10.1 Å². The lowest BCUT2D eigenvalue weighted by molar-refractivity contribution is -0.122. The Kier molecular flexibility index (Phi) is 6.36. The molecule has 132 valence electrons. The lowest BCUT2D eigenvalue weighted by atomic mass is 10.2. The largest absolute Gasteiger partial charge is 0.481 e. The highest BCUT2D eigenvalue weighted by atomic mass is 35.5. The highest BCUT2D eigenvalue weighted by Crippen LogP contribution is 2.23. The van der Waals surface area contributed by atoms with Gasteiger partial charge in [-0.15, -0.1) is 0 Å². The van der Waals surface area contributed by atoms with E-state index in [1.807, 2.05) is 0 Å². The zero-order valence-electron chi connectivity index (χ0n) is 13.7. The molecule has 0 unspecified atom stereocenters. The highest BCUT2D eigenvalue weighted by molar-refractivity contribution is 6.33. The third-order valence-corrected chi connectivity index (χ3v) is 3.55. The van der Waals surface area contributed by atoms with Crippen LogP contribution in [0.15, 0.2) is 42.5 Å². The molecule has 0 aromatic heterocycles. The van der Waals surface area contributed by atoms with Gasteiger partial charge in [0, 0.05) is 0 Å². The molecule has 0 aliphatic heterocycles. The van der Waals surface area contributed by atoms with Crippen LogP contribution >= 0.6 is 11.6 Å². The Bertz CT molecular complexity index is 764. The summed E-state index contributed by atoms with van der Waals surface area (Å²) in [5.41, 5.74) is 0.686. The van der Waals surface area contributed by atoms with Crippen molar-refractivity contribution in [1.29, 1.82) is 0 Å². The molecule has 1 atom stereocenters. The monoisotopic (exact) mass is 365 g/mol. The summed E-state index contributed by atoms with van der Waals surface area (Å²) in [7, 11) is 0. The molecule has 2 aromatic carbocycles. The van der Waals surface area contributed by atoms with Crippen molar-refractivity contribution < 1.29 is 23.5 Å². The number of esters is 1. The summed E-state index contributed by atoms with van der Waals surface area (Å²) < 4.78 is 23.4. The molecule has 1 N–H and O–H groups in total. The van der Waals surface area contributed by atoms with Crippen molar-refractivity contribution in [2.45, 2.75) is 20.0 Å². The van der Waals surface area contributed by atoms with Gasteiger partial charge in [0.05, 0.1) is 22.9 Å². The van der Waals surface area contributed by atoms with Crippen molar-refractivity contribution in [3.8, 4) is 5.75 Å². The minimum absolute atomic E-state index is 0.0966. The predicted molar refractivity (Wildman–Crippen MR) is 92.5 cm³/mol. The predicted octanol–water partition coefficient (Wildman–Crippen LogP) is 4.06. The first-order chi connectivity index (χ1) is 11.9. The molecule has 0 saturated carbocycles. The fourth-order valence-electron chi connectivity index (χ4n) is 1.97. The smallest absolute Gasteiger partial charge is 0.338 e. The van der Waals surface area contributed by atoms with E-state index in [4.69, 9.17) is 21.1 Å². The summed E-state index contributed by atoms with van der Waals surface area (Å²) in [6.45, 7) is 3.58. The molecule has 0 aliphatic carbocycles. The molecule has 0 bridgehead atoms. The molecule has 2 rings (SSSR count). The number of nitrogens with one attached hydrogen (secondary N) is 1. The van der Waals surface area contributed by atoms with Crippen LogP contribution in [0.1, 0.15) is 24.2 Å². The number of carbonyl (C=O) groups is 2. The van der Waals surface area contributed by atoms with Crippen LogP contribution in [0.2, 0.25) is 5.02 Å². The van der Waals surface area contributed by atoms with Crippen molar-refractivity contribution in [3.05, 3.63) is 58.9 Å². The van der Waals surface area contributed by atoms with Crippen LogP contribution in [0, 0.1) is 5.82 Å². The van der Waals surface area contributed by atoms with Crippen molar-refractivity contribution in [3.63, 3.8) is 0 Å².